The van der Waals surface area contributed by atoms with E-state index in [0.29, 0.717) is 5.69 Å². The van der Waals surface area contributed by atoms with Crippen LogP contribution in [0.1, 0.15) is 5.69 Å². The maximum atomic E-state index is 12.7. The van der Waals surface area contributed by atoms with Crippen LogP contribution in [0, 0.1) is 0 Å². The molecule has 0 spiro atoms. The van der Waals surface area contributed by atoms with Gasteiger partial charge in [0.2, 0.25) is 0 Å². The minimum absolute atomic E-state index is 0.480. The molecule has 0 aliphatic heterocycles. The van der Waals surface area contributed by atoms with Gasteiger partial charge in [-0.15, -0.1) is 0 Å². The number of alkyl halides is 3. The zero-order valence-electron chi connectivity index (χ0n) is 8.91. The molecule has 0 saturated heterocycles. The first kappa shape index (κ1) is 11.5. The van der Waals surface area contributed by atoms with Gasteiger partial charge < -0.3 is 4.57 Å². The van der Waals surface area contributed by atoms with Crippen LogP contribution in [0.5, 0.6) is 0 Å². The highest BCUT2D eigenvalue weighted by Crippen LogP contribution is 2.34. The number of hydrogen-bond acceptors (Lipinski definition) is 0. The molecule has 1 heterocycles. The van der Waals surface area contributed by atoms with Crippen molar-refractivity contribution < 1.29 is 13.2 Å². The zero-order chi connectivity index (χ0) is 12.5. The highest BCUT2D eigenvalue weighted by molar-refractivity contribution is 5.63. The van der Waals surface area contributed by atoms with Gasteiger partial charge in [-0.25, -0.2) is 0 Å². The van der Waals surface area contributed by atoms with Gasteiger partial charge in [-0.2, -0.15) is 13.2 Å². The molecule has 1 aromatic heterocycles. The van der Waals surface area contributed by atoms with Crippen LogP contribution in [0.2, 0.25) is 0 Å². The van der Waals surface area contributed by atoms with Crippen LogP contribution in [0.25, 0.3) is 17.5 Å². The van der Waals surface area contributed by atoms with Gasteiger partial charge >= 0.3 is 6.18 Å². The molecule has 1 nitrogen and oxygen atoms in total. The lowest BCUT2D eigenvalue weighted by Crippen LogP contribution is -2.10. The van der Waals surface area contributed by atoms with Crippen molar-refractivity contribution in [1.82, 2.24) is 4.57 Å². The van der Waals surface area contributed by atoms with Crippen molar-refractivity contribution in [3.63, 3.8) is 0 Å². The number of nitrogens with zero attached hydrogens (tertiary/aromatic N) is 1. The summed E-state index contributed by atoms with van der Waals surface area (Å²) in [4.78, 5) is 0. The van der Waals surface area contributed by atoms with Gasteiger partial charge in [0.05, 0.1) is 5.69 Å². The van der Waals surface area contributed by atoms with Crippen LogP contribution in [0.4, 0.5) is 13.2 Å². The second-order valence-electron chi connectivity index (χ2n) is 3.52. The van der Waals surface area contributed by atoms with Gasteiger partial charge in [0, 0.05) is 6.20 Å². The van der Waals surface area contributed by atoms with Crippen molar-refractivity contribution in [2.24, 2.45) is 0 Å². The number of hydrogen-bond donors (Lipinski definition) is 0. The summed E-state index contributed by atoms with van der Waals surface area (Å²) in [5, 5.41) is 0. The third-order valence-corrected chi connectivity index (χ3v) is 2.46. The minimum Gasteiger partial charge on any atom is -0.313 e. The monoisotopic (exact) mass is 237 g/mol. The van der Waals surface area contributed by atoms with Crippen LogP contribution >= 0.6 is 0 Å². The highest BCUT2D eigenvalue weighted by Gasteiger charge is 2.34. The van der Waals surface area contributed by atoms with Gasteiger partial charge in [0.25, 0.3) is 0 Å². The maximum Gasteiger partial charge on any atom is 0.431 e. The Morgan fingerprint density at radius 1 is 1.00 bits per heavy atom. The van der Waals surface area contributed by atoms with Crippen molar-refractivity contribution in [3.05, 3.63) is 54.7 Å². The van der Waals surface area contributed by atoms with Crippen molar-refractivity contribution in [2.75, 3.05) is 0 Å². The van der Waals surface area contributed by atoms with E-state index >= 15 is 0 Å². The lowest BCUT2D eigenvalue weighted by atomic mass is 10.1. The predicted molar refractivity (Wildman–Crippen MR) is 61.3 cm³/mol. The SMILES string of the molecule is C=Cn1c(-c2ccccc2)ccc1C(F)(F)F. The van der Waals surface area contributed by atoms with E-state index in [0.717, 1.165) is 16.2 Å². The molecular weight excluding hydrogens is 227 g/mol. The largest absolute Gasteiger partial charge is 0.431 e. The molecule has 4 heteroatoms. The predicted octanol–water partition coefficient (Wildman–Crippen LogP) is 4.27. The molecule has 0 aliphatic carbocycles. The molecule has 0 atom stereocenters. The van der Waals surface area contributed by atoms with E-state index in [-0.39, 0.29) is 0 Å². The third-order valence-electron chi connectivity index (χ3n) is 2.46. The molecule has 88 valence electrons. The number of rotatable bonds is 2. The Balaban J connectivity index is 2.58. The Kier molecular flexibility index (Phi) is 2.79. The molecule has 17 heavy (non-hydrogen) atoms. The van der Waals surface area contributed by atoms with Crippen molar-refractivity contribution in [2.45, 2.75) is 6.18 Å². The lowest BCUT2D eigenvalue weighted by Gasteiger charge is -2.11. The highest BCUT2D eigenvalue weighted by atomic mass is 19.4. The second kappa shape index (κ2) is 4.13. The summed E-state index contributed by atoms with van der Waals surface area (Å²) in [5.74, 6) is 0. The Morgan fingerprint density at radius 3 is 2.18 bits per heavy atom. The van der Waals surface area contributed by atoms with E-state index in [9.17, 15) is 13.2 Å². The summed E-state index contributed by atoms with van der Waals surface area (Å²) >= 11 is 0. The first-order chi connectivity index (χ1) is 8.04. The average Bonchev–Trinajstić information content (AvgIpc) is 2.73. The molecule has 0 fully saturated rings. The standard InChI is InChI=1S/C13H10F3N/c1-2-17-11(10-6-4-3-5-7-10)8-9-12(17)13(14,15)16/h2-9H,1H2. The van der Waals surface area contributed by atoms with E-state index in [2.05, 4.69) is 6.58 Å². The fraction of sp³-hybridized carbons (Fsp3) is 0.0769. The molecule has 0 saturated carbocycles. The summed E-state index contributed by atoms with van der Waals surface area (Å²) in [6, 6.07) is 11.4. The molecule has 2 rings (SSSR count). The number of aromatic nitrogens is 1. The summed E-state index contributed by atoms with van der Waals surface area (Å²) in [6.45, 7) is 3.43. The van der Waals surface area contributed by atoms with Crippen molar-refractivity contribution in [1.29, 1.82) is 0 Å². The number of benzene rings is 1. The lowest BCUT2D eigenvalue weighted by molar-refractivity contribution is -0.141. The van der Waals surface area contributed by atoms with Crippen molar-refractivity contribution in [3.8, 4) is 11.3 Å². The Labute approximate surface area is 96.8 Å². The van der Waals surface area contributed by atoms with Crippen LogP contribution in [0.15, 0.2) is 49.0 Å². The van der Waals surface area contributed by atoms with E-state index < -0.39 is 11.9 Å². The molecule has 0 amide bonds. The fourth-order valence-electron chi connectivity index (χ4n) is 1.72. The minimum atomic E-state index is -4.37. The summed E-state index contributed by atoms with van der Waals surface area (Å²) < 4.78 is 39.1. The van der Waals surface area contributed by atoms with E-state index in [1.165, 1.54) is 12.3 Å². The molecule has 0 aliphatic rings. The Morgan fingerprint density at radius 2 is 1.65 bits per heavy atom. The van der Waals surface area contributed by atoms with Gasteiger partial charge in [0.1, 0.15) is 5.69 Å². The van der Waals surface area contributed by atoms with Crippen LogP contribution in [-0.2, 0) is 6.18 Å². The van der Waals surface area contributed by atoms with Crippen LogP contribution in [0.3, 0.4) is 0 Å². The smallest absolute Gasteiger partial charge is 0.313 e. The third kappa shape index (κ3) is 2.11. The summed E-state index contributed by atoms with van der Waals surface area (Å²) in [7, 11) is 0. The molecule has 0 bridgehead atoms. The van der Waals surface area contributed by atoms with Gasteiger partial charge in [-0.1, -0.05) is 36.9 Å². The summed E-state index contributed by atoms with van der Waals surface area (Å²) in [6.07, 6.45) is -3.20. The van der Waals surface area contributed by atoms with Gasteiger partial charge in [0.15, 0.2) is 0 Å². The zero-order valence-corrected chi connectivity index (χ0v) is 8.91. The Bertz CT molecular complexity index is 523. The molecular formula is C13H10F3N. The molecule has 2 aromatic rings. The molecule has 0 N–H and O–H groups in total. The van der Waals surface area contributed by atoms with E-state index in [1.54, 1.807) is 24.3 Å². The average molecular weight is 237 g/mol. The fourth-order valence-corrected chi connectivity index (χ4v) is 1.72. The first-order valence-electron chi connectivity index (χ1n) is 5.00. The Hall–Kier alpha value is -1.97. The number of halogens is 3. The van der Waals surface area contributed by atoms with Gasteiger partial charge in [-0.3, -0.25) is 0 Å². The quantitative estimate of drug-likeness (QED) is 0.734. The summed E-state index contributed by atoms with van der Waals surface area (Å²) in [5.41, 5.74) is 0.488. The molecule has 0 radical (unpaired) electrons. The maximum absolute atomic E-state index is 12.7. The van der Waals surface area contributed by atoms with E-state index in [1.807, 2.05) is 6.07 Å². The normalized spacial score (nSPS) is 11.5. The second-order valence-corrected chi connectivity index (χ2v) is 3.52. The molecule has 1 aromatic carbocycles. The van der Waals surface area contributed by atoms with Crippen molar-refractivity contribution >= 4 is 6.20 Å². The van der Waals surface area contributed by atoms with Crippen LogP contribution in [-0.4, -0.2) is 4.57 Å². The topological polar surface area (TPSA) is 4.93 Å². The van der Waals surface area contributed by atoms with Gasteiger partial charge in [-0.05, 0) is 17.7 Å². The van der Waals surface area contributed by atoms with Crippen LogP contribution < -0.4 is 0 Å². The molecule has 0 unspecified atom stereocenters. The van der Waals surface area contributed by atoms with E-state index in [4.69, 9.17) is 0 Å². The first-order valence-corrected chi connectivity index (χ1v) is 5.00.